The first-order valence-electron chi connectivity index (χ1n) is 7.94. The van der Waals surface area contributed by atoms with Crippen LogP contribution in [0.3, 0.4) is 0 Å². The number of nitrogens with one attached hydrogen (secondary N) is 2. The van der Waals surface area contributed by atoms with Crippen molar-refractivity contribution in [3.05, 3.63) is 41.3 Å². The van der Waals surface area contributed by atoms with E-state index in [4.69, 9.17) is 4.74 Å². The molecule has 144 valence electrons. The van der Waals surface area contributed by atoms with E-state index in [2.05, 4.69) is 19.9 Å². The van der Waals surface area contributed by atoms with Crippen molar-refractivity contribution in [3.8, 4) is 28.6 Å². The summed E-state index contributed by atoms with van der Waals surface area (Å²) in [6, 6.07) is 8.53. The van der Waals surface area contributed by atoms with Crippen LogP contribution in [0.1, 0.15) is 0 Å². The second-order valence-electron chi connectivity index (χ2n) is 5.96. The second-order valence-corrected chi connectivity index (χ2v) is 5.96. The standard InChI is InChI=1S/C18H12F3N3O4/c1-27-8-2-4-12-10(6-8)14(17(25)23-12)16-15(24-26)11-7-9(28-18(19,20)21)3-5-13(11)22-16/h2-7,22-23,25H,1H3. The SMILES string of the molecule is COc1ccc2[nH]c(O)c(-c3[nH]c4ccc(OC(F)(F)F)cc4c3N=O)c2c1. The molecular weight excluding hydrogens is 379 g/mol. The summed E-state index contributed by atoms with van der Waals surface area (Å²) in [4.78, 5) is 17.2. The number of nitroso groups, excluding NO2 is 1. The van der Waals surface area contributed by atoms with Crippen LogP contribution in [0.15, 0.2) is 41.6 Å². The third-order valence-corrected chi connectivity index (χ3v) is 4.30. The van der Waals surface area contributed by atoms with Gasteiger partial charge in [-0.3, -0.25) is 0 Å². The van der Waals surface area contributed by atoms with Gasteiger partial charge in [0, 0.05) is 21.8 Å². The molecule has 0 aliphatic rings. The normalized spacial score (nSPS) is 11.9. The van der Waals surface area contributed by atoms with Gasteiger partial charge in [-0.05, 0) is 41.6 Å². The van der Waals surface area contributed by atoms with Gasteiger partial charge in [-0.25, -0.2) is 0 Å². The first-order chi connectivity index (χ1) is 13.3. The Kier molecular flexibility index (Phi) is 3.91. The van der Waals surface area contributed by atoms with E-state index >= 15 is 0 Å². The van der Waals surface area contributed by atoms with E-state index in [9.17, 15) is 23.2 Å². The van der Waals surface area contributed by atoms with E-state index in [0.717, 1.165) is 12.1 Å². The third kappa shape index (κ3) is 2.88. The topological polar surface area (TPSA) is 99.7 Å². The maximum absolute atomic E-state index is 12.5. The fourth-order valence-electron chi connectivity index (χ4n) is 3.17. The van der Waals surface area contributed by atoms with Crippen molar-refractivity contribution in [2.75, 3.05) is 7.11 Å². The summed E-state index contributed by atoms with van der Waals surface area (Å²) in [5, 5.41) is 14.0. The van der Waals surface area contributed by atoms with Gasteiger partial charge in [-0.15, -0.1) is 18.1 Å². The molecule has 10 heteroatoms. The van der Waals surface area contributed by atoms with Crippen molar-refractivity contribution >= 4 is 27.5 Å². The highest BCUT2D eigenvalue weighted by Gasteiger charge is 2.31. The van der Waals surface area contributed by atoms with E-state index in [-0.39, 0.29) is 28.2 Å². The molecule has 0 radical (unpaired) electrons. The monoisotopic (exact) mass is 391 g/mol. The molecule has 2 aromatic carbocycles. The molecule has 0 atom stereocenters. The molecule has 0 spiro atoms. The molecule has 0 bridgehead atoms. The molecular formula is C18H12F3N3O4. The Labute approximate surface area is 154 Å². The lowest BCUT2D eigenvalue weighted by molar-refractivity contribution is -0.274. The quantitative estimate of drug-likeness (QED) is 0.410. The number of aromatic hydroxyl groups is 1. The van der Waals surface area contributed by atoms with Crippen LogP contribution < -0.4 is 9.47 Å². The van der Waals surface area contributed by atoms with Crippen LogP contribution >= 0.6 is 0 Å². The Morgan fingerprint density at radius 3 is 2.29 bits per heavy atom. The molecule has 7 nitrogen and oxygen atoms in total. The Bertz CT molecular complexity index is 1210. The number of methoxy groups -OCH3 is 1. The average Bonchev–Trinajstić information content (AvgIpc) is 3.15. The van der Waals surface area contributed by atoms with E-state index in [1.54, 1.807) is 18.2 Å². The number of aromatic amines is 2. The third-order valence-electron chi connectivity index (χ3n) is 4.30. The lowest BCUT2D eigenvalue weighted by atomic mass is 10.1. The zero-order valence-corrected chi connectivity index (χ0v) is 14.2. The number of rotatable bonds is 4. The minimum atomic E-state index is -4.87. The number of hydrogen-bond donors (Lipinski definition) is 3. The highest BCUT2D eigenvalue weighted by molar-refractivity contribution is 6.07. The lowest BCUT2D eigenvalue weighted by Gasteiger charge is -2.08. The highest BCUT2D eigenvalue weighted by atomic mass is 19.4. The van der Waals surface area contributed by atoms with Crippen molar-refractivity contribution in [2.24, 2.45) is 5.18 Å². The van der Waals surface area contributed by atoms with Crippen LogP contribution in [-0.4, -0.2) is 28.5 Å². The lowest BCUT2D eigenvalue weighted by Crippen LogP contribution is -2.16. The number of halogens is 3. The predicted octanol–water partition coefficient (Wildman–Crippen LogP) is 5.33. The molecule has 3 N–H and O–H groups in total. The number of aromatic nitrogens is 2. The molecule has 0 amide bonds. The maximum atomic E-state index is 12.5. The Morgan fingerprint density at radius 2 is 1.64 bits per heavy atom. The minimum Gasteiger partial charge on any atom is -0.497 e. The van der Waals surface area contributed by atoms with Crippen LogP contribution in [0.25, 0.3) is 33.1 Å². The molecule has 0 aliphatic carbocycles. The summed E-state index contributed by atoms with van der Waals surface area (Å²) < 4.78 is 46.6. The molecule has 0 unspecified atom stereocenters. The largest absolute Gasteiger partial charge is 0.573 e. The molecule has 4 aromatic rings. The molecule has 2 aromatic heterocycles. The molecule has 0 saturated carbocycles. The van der Waals surface area contributed by atoms with Crippen LogP contribution in [0.4, 0.5) is 18.9 Å². The maximum Gasteiger partial charge on any atom is 0.573 e. The number of H-pyrrole nitrogens is 2. The number of fused-ring (bicyclic) bond motifs is 2. The van der Waals surface area contributed by atoms with Crippen molar-refractivity contribution in [1.82, 2.24) is 9.97 Å². The fourth-order valence-corrected chi connectivity index (χ4v) is 3.17. The Balaban J connectivity index is 1.95. The van der Waals surface area contributed by atoms with Gasteiger partial charge in [0.25, 0.3) is 0 Å². The number of hydrogen-bond acceptors (Lipinski definition) is 5. The summed E-state index contributed by atoms with van der Waals surface area (Å²) in [5.74, 6) is -0.197. The second kappa shape index (κ2) is 6.19. The van der Waals surface area contributed by atoms with Crippen LogP contribution in [0, 0.1) is 4.91 Å². The smallest absolute Gasteiger partial charge is 0.497 e. The predicted molar refractivity (Wildman–Crippen MR) is 95.9 cm³/mol. The zero-order valence-electron chi connectivity index (χ0n) is 14.2. The summed E-state index contributed by atoms with van der Waals surface area (Å²) in [6.45, 7) is 0. The summed E-state index contributed by atoms with van der Waals surface area (Å²) in [7, 11) is 1.48. The molecule has 2 heterocycles. The molecule has 4 rings (SSSR count). The zero-order chi connectivity index (χ0) is 20.1. The van der Waals surface area contributed by atoms with E-state index in [0.29, 0.717) is 22.2 Å². The number of benzene rings is 2. The number of alkyl halides is 3. The van der Waals surface area contributed by atoms with Gasteiger partial charge in [0.15, 0.2) is 5.88 Å². The minimum absolute atomic E-state index is 0.128. The van der Waals surface area contributed by atoms with Crippen molar-refractivity contribution in [2.45, 2.75) is 6.36 Å². The van der Waals surface area contributed by atoms with Gasteiger partial charge in [-0.2, -0.15) is 0 Å². The average molecular weight is 391 g/mol. The van der Waals surface area contributed by atoms with Crippen LogP contribution in [-0.2, 0) is 0 Å². The fraction of sp³-hybridized carbons (Fsp3) is 0.111. The van der Waals surface area contributed by atoms with Gasteiger partial charge >= 0.3 is 6.36 Å². The van der Waals surface area contributed by atoms with E-state index < -0.39 is 12.1 Å². The summed E-state index contributed by atoms with van der Waals surface area (Å²) >= 11 is 0. The Hall–Kier alpha value is -3.69. The van der Waals surface area contributed by atoms with Crippen molar-refractivity contribution in [3.63, 3.8) is 0 Å². The van der Waals surface area contributed by atoms with Crippen molar-refractivity contribution in [1.29, 1.82) is 0 Å². The van der Waals surface area contributed by atoms with Crippen molar-refractivity contribution < 1.29 is 27.8 Å². The van der Waals surface area contributed by atoms with Crippen LogP contribution in [0.5, 0.6) is 17.4 Å². The van der Waals surface area contributed by atoms with E-state index in [1.165, 1.54) is 13.2 Å². The first-order valence-corrected chi connectivity index (χ1v) is 7.94. The summed E-state index contributed by atoms with van der Waals surface area (Å²) in [6.07, 6.45) is -4.87. The summed E-state index contributed by atoms with van der Waals surface area (Å²) in [5.41, 5.74) is 1.19. The van der Waals surface area contributed by atoms with Gasteiger partial charge in [0.1, 0.15) is 17.2 Å². The van der Waals surface area contributed by atoms with Gasteiger partial charge < -0.3 is 24.5 Å². The molecule has 0 aliphatic heterocycles. The van der Waals surface area contributed by atoms with Gasteiger partial charge in [0.2, 0.25) is 0 Å². The molecule has 28 heavy (non-hydrogen) atoms. The van der Waals surface area contributed by atoms with Crippen LogP contribution in [0.2, 0.25) is 0 Å². The highest BCUT2D eigenvalue weighted by Crippen LogP contribution is 2.45. The first kappa shape index (κ1) is 17.7. The molecule has 0 fully saturated rings. The number of nitrogens with zero attached hydrogens (tertiary/aromatic N) is 1. The van der Waals surface area contributed by atoms with E-state index in [1.807, 2.05) is 0 Å². The van der Waals surface area contributed by atoms with Gasteiger partial charge in [-0.1, -0.05) is 0 Å². The Morgan fingerprint density at radius 1 is 1.00 bits per heavy atom. The number of ether oxygens (including phenoxy) is 2. The molecule has 0 saturated heterocycles. The van der Waals surface area contributed by atoms with Gasteiger partial charge in [0.05, 0.1) is 18.4 Å².